The molecule has 2 N–H and O–H groups in total. The summed E-state index contributed by atoms with van der Waals surface area (Å²) in [5.74, 6) is -1.50. The van der Waals surface area contributed by atoms with Crippen molar-refractivity contribution < 1.29 is 29.0 Å². The van der Waals surface area contributed by atoms with Crippen molar-refractivity contribution in [3.63, 3.8) is 0 Å². The Morgan fingerprint density at radius 3 is 2.42 bits per heavy atom. The number of carbonyl (C=O) groups excluding carboxylic acids is 2. The summed E-state index contributed by atoms with van der Waals surface area (Å²) in [6.07, 6.45) is 0. The van der Waals surface area contributed by atoms with E-state index in [4.69, 9.17) is 20.8 Å². The Bertz CT molecular complexity index is 1320. The van der Waals surface area contributed by atoms with Crippen LogP contribution in [0, 0.1) is 20.8 Å². The molecule has 170 valence electrons. The van der Waals surface area contributed by atoms with Crippen LogP contribution >= 0.6 is 11.6 Å². The molecule has 1 amide bonds. The molecular weight excluding hydrogens is 446 g/mol. The highest BCUT2D eigenvalue weighted by Crippen LogP contribution is 2.46. The summed E-state index contributed by atoms with van der Waals surface area (Å²) in [5, 5.41) is 22.1. The molecule has 1 unspecified atom stereocenters. The van der Waals surface area contributed by atoms with Gasteiger partial charge in [0.1, 0.15) is 34.8 Å². The van der Waals surface area contributed by atoms with E-state index in [1.54, 1.807) is 57.2 Å². The van der Waals surface area contributed by atoms with Crippen LogP contribution in [0.4, 0.5) is 5.69 Å². The monoisotopic (exact) mass is 467 g/mol. The molecule has 2 aromatic carbocycles. The van der Waals surface area contributed by atoms with E-state index in [1.807, 2.05) is 0 Å². The number of anilines is 1. The Hall–Kier alpha value is -3.71. The summed E-state index contributed by atoms with van der Waals surface area (Å²) in [7, 11) is 1.39. The number of methoxy groups -OCH3 is 1. The summed E-state index contributed by atoms with van der Waals surface area (Å²) >= 11 is 6.30. The third-order valence-electron chi connectivity index (χ3n) is 5.51. The van der Waals surface area contributed by atoms with Crippen molar-refractivity contribution >= 4 is 34.7 Å². The number of nitrogens with zero attached hydrogens (tertiary/aromatic N) is 1. The van der Waals surface area contributed by atoms with Crippen LogP contribution in [0.5, 0.6) is 11.5 Å². The fourth-order valence-electron chi connectivity index (χ4n) is 4.03. The first-order valence-corrected chi connectivity index (χ1v) is 10.5. The summed E-state index contributed by atoms with van der Waals surface area (Å²) in [6.45, 7) is 5.30. The fourth-order valence-corrected chi connectivity index (χ4v) is 4.39. The molecule has 0 spiro atoms. The number of halogens is 1. The summed E-state index contributed by atoms with van der Waals surface area (Å²) in [4.78, 5) is 27.6. The van der Waals surface area contributed by atoms with Crippen LogP contribution in [0.1, 0.15) is 34.3 Å². The Morgan fingerprint density at radius 2 is 1.79 bits per heavy atom. The predicted molar refractivity (Wildman–Crippen MR) is 124 cm³/mol. The van der Waals surface area contributed by atoms with Gasteiger partial charge in [0.05, 0.1) is 29.0 Å². The largest absolute Gasteiger partial charge is 0.507 e. The van der Waals surface area contributed by atoms with E-state index in [-0.39, 0.29) is 39.1 Å². The molecule has 3 aromatic rings. The number of phenols is 1. The highest BCUT2D eigenvalue weighted by molar-refractivity contribution is 6.52. The van der Waals surface area contributed by atoms with Crippen molar-refractivity contribution in [2.45, 2.75) is 26.8 Å². The third-order valence-corrected chi connectivity index (χ3v) is 5.79. The third kappa shape index (κ3) is 3.74. The zero-order chi connectivity index (χ0) is 24.0. The van der Waals surface area contributed by atoms with Gasteiger partial charge in [0.15, 0.2) is 0 Å². The number of rotatable bonds is 4. The highest BCUT2D eigenvalue weighted by atomic mass is 35.5. The molecule has 0 aliphatic carbocycles. The first-order chi connectivity index (χ1) is 15.6. The number of carbonyl (C=O) groups is 2. The number of hydrogen-bond donors (Lipinski definition) is 2. The number of aliphatic hydroxyl groups is 1. The number of Topliss-reactive ketones (excluding diaryl/α,β-unsaturated/α-hetero) is 1. The number of furan rings is 1. The van der Waals surface area contributed by atoms with Gasteiger partial charge in [-0.1, -0.05) is 17.7 Å². The first kappa shape index (κ1) is 22.5. The normalized spacial score (nSPS) is 17.6. The van der Waals surface area contributed by atoms with Crippen molar-refractivity contribution in [2.24, 2.45) is 0 Å². The summed E-state index contributed by atoms with van der Waals surface area (Å²) < 4.78 is 11.1. The maximum Gasteiger partial charge on any atom is 0.300 e. The lowest BCUT2D eigenvalue weighted by Crippen LogP contribution is -2.29. The van der Waals surface area contributed by atoms with Gasteiger partial charge in [0.25, 0.3) is 11.7 Å². The number of aliphatic hydroxyl groups excluding tert-OH is 1. The maximum atomic E-state index is 13.3. The van der Waals surface area contributed by atoms with Gasteiger partial charge < -0.3 is 19.4 Å². The van der Waals surface area contributed by atoms with Gasteiger partial charge in [0, 0.05) is 0 Å². The lowest BCUT2D eigenvalue weighted by molar-refractivity contribution is -0.132. The van der Waals surface area contributed by atoms with Gasteiger partial charge in [0.2, 0.25) is 0 Å². The number of benzene rings is 2. The number of amides is 1. The molecule has 1 aliphatic heterocycles. The Balaban J connectivity index is 2.03. The van der Waals surface area contributed by atoms with Crippen molar-refractivity contribution in [3.05, 3.63) is 81.3 Å². The fraction of sp³-hybridized carbons (Fsp3) is 0.200. The molecule has 0 saturated carbocycles. The topological polar surface area (TPSA) is 100 Å². The van der Waals surface area contributed by atoms with Gasteiger partial charge >= 0.3 is 0 Å². The van der Waals surface area contributed by atoms with Crippen LogP contribution in [0.2, 0.25) is 5.02 Å². The van der Waals surface area contributed by atoms with E-state index >= 15 is 0 Å². The van der Waals surface area contributed by atoms with Crippen LogP contribution in [0.3, 0.4) is 0 Å². The number of hydrogen-bond acceptors (Lipinski definition) is 6. The molecule has 33 heavy (non-hydrogen) atoms. The molecule has 1 aliphatic rings. The zero-order valence-electron chi connectivity index (χ0n) is 18.5. The zero-order valence-corrected chi connectivity index (χ0v) is 19.2. The van der Waals surface area contributed by atoms with Crippen LogP contribution in [0.15, 0.2) is 52.5 Å². The van der Waals surface area contributed by atoms with E-state index in [0.717, 1.165) is 16.0 Å². The van der Waals surface area contributed by atoms with E-state index in [9.17, 15) is 19.8 Å². The van der Waals surface area contributed by atoms with E-state index < -0.39 is 23.5 Å². The van der Waals surface area contributed by atoms with Crippen molar-refractivity contribution in [1.29, 1.82) is 0 Å². The molecule has 1 aromatic heterocycles. The van der Waals surface area contributed by atoms with Gasteiger partial charge in [-0.2, -0.15) is 0 Å². The second kappa shape index (κ2) is 8.33. The smallest absolute Gasteiger partial charge is 0.300 e. The average molecular weight is 468 g/mol. The van der Waals surface area contributed by atoms with Crippen LogP contribution in [0.25, 0.3) is 5.76 Å². The molecule has 1 atom stereocenters. The van der Waals surface area contributed by atoms with Crippen molar-refractivity contribution in [3.8, 4) is 11.5 Å². The second-order valence-corrected chi connectivity index (χ2v) is 8.34. The minimum Gasteiger partial charge on any atom is -0.507 e. The second-order valence-electron chi connectivity index (χ2n) is 7.94. The van der Waals surface area contributed by atoms with Crippen LogP contribution in [-0.2, 0) is 9.59 Å². The maximum absolute atomic E-state index is 13.3. The van der Waals surface area contributed by atoms with Gasteiger partial charge in [-0.3, -0.25) is 14.5 Å². The molecular formula is C25H22ClNO6. The van der Waals surface area contributed by atoms with E-state index in [2.05, 4.69) is 0 Å². The molecule has 0 bridgehead atoms. The highest BCUT2D eigenvalue weighted by Gasteiger charge is 2.49. The Morgan fingerprint density at radius 1 is 1.06 bits per heavy atom. The number of aromatic hydroxyl groups is 1. The lowest BCUT2D eigenvalue weighted by atomic mass is 9.97. The van der Waals surface area contributed by atoms with Crippen molar-refractivity contribution in [1.82, 2.24) is 0 Å². The summed E-state index contributed by atoms with van der Waals surface area (Å²) in [5.41, 5.74) is 1.59. The van der Waals surface area contributed by atoms with E-state index in [0.29, 0.717) is 5.76 Å². The lowest BCUT2D eigenvalue weighted by Gasteiger charge is -2.24. The Kier molecular flexibility index (Phi) is 5.68. The molecule has 0 radical (unpaired) electrons. The molecule has 7 nitrogen and oxygen atoms in total. The Labute approximate surface area is 195 Å². The molecule has 2 heterocycles. The summed E-state index contributed by atoms with van der Waals surface area (Å²) in [6, 6.07) is 10.2. The molecule has 4 rings (SSSR count). The van der Waals surface area contributed by atoms with Crippen molar-refractivity contribution in [2.75, 3.05) is 12.0 Å². The SMILES string of the molecule is COc1c(Cl)cc(C)cc1/C(O)=C1\C(=O)C(=O)N(c2cc(C)ccc2O)C1c1ccc(C)o1. The number of phenolic OH excluding ortho intramolecular Hbond substituents is 1. The molecule has 1 fully saturated rings. The average Bonchev–Trinajstić information content (AvgIpc) is 3.30. The van der Waals surface area contributed by atoms with E-state index in [1.165, 1.54) is 13.2 Å². The van der Waals surface area contributed by atoms with Crippen LogP contribution < -0.4 is 9.64 Å². The minimum absolute atomic E-state index is 0.129. The number of aryl methyl sites for hydroxylation is 3. The molecule has 8 heteroatoms. The standard InChI is InChI=1S/C25H22ClNO6/c1-12-5-7-18(28)17(11-12)27-21(19-8-6-14(3)33-19)20(23(30)25(27)31)22(29)15-9-13(2)10-16(26)24(15)32-4/h5-11,21,28-29H,1-4H3/b22-20+. The molecule has 1 saturated heterocycles. The quantitative estimate of drug-likeness (QED) is 0.311. The number of ketones is 1. The van der Waals surface area contributed by atoms with Gasteiger partial charge in [-0.05, 0) is 68.3 Å². The van der Waals surface area contributed by atoms with Gasteiger partial charge in [-0.25, -0.2) is 0 Å². The number of ether oxygens (including phenoxy) is 1. The van der Waals surface area contributed by atoms with Crippen LogP contribution in [-0.4, -0.2) is 29.0 Å². The predicted octanol–water partition coefficient (Wildman–Crippen LogP) is 5.20. The minimum atomic E-state index is -1.12. The van der Waals surface area contributed by atoms with Gasteiger partial charge in [-0.15, -0.1) is 0 Å². The first-order valence-electron chi connectivity index (χ1n) is 10.2.